The minimum Gasteiger partial charge on any atom is -0.508 e. The SMILES string of the molecule is [2H]c1c([2H])c([2H])c(-c2c([2H])c([2H])c(-c3c4c([2H])c([2H])c([2H])c([2H])c4c(-c4c([2H])c([2H])c(-c5c([2H])c([2H])c6oc7c(cc([2H])c8c([2H])c([2H])c([2H])c([2H])c87)c6c5[2H])c([2H])c4[2H])c4c([2H])c(O)c([2H])c([2H])c34)c([2H])c2[2H])c([2H])c1[2H]. The Morgan fingerprint density at radius 2 is 0.920 bits per heavy atom. The fourth-order valence-electron chi connectivity index (χ4n) is 5.82. The van der Waals surface area contributed by atoms with Crippen molar-refractivity contribution in [3.63, 3.8) is 0 Å². The van der Waals surface area contributed by atoms with E-state index in [1.54, 1.807) is 0 Å². The molecule has 0 fully saturated rings. The van der Waals surface area contributed by atoms with Gasteiger partial charge in [-0.15, -0.1) is 0 Å². The molecule has 0 aliphatic rings. The van der Waals surface area contributed by atoms with Gasteiger partial charge in [0.1, 0.15) is 16.9 Å². The summed E-state index contributed by atoms with van der Waals surface area (Å²) in [7, 11) is 0. The van der Waals surface area contributed by atoms with Crippen molar-refractivity contribution in [2.45, 2.75) is 0 Å². The molecule has 1 aromatic heterocycles. The summed E-state index contributed by atoms with van der Waals surface area (Å²) in [5, 5.41) is 7.08. The molecule has 0 saturated carbocycles. The van der Waals surface area contributed by atoms with E-state index >= 15 is 0 Å². The topological polar surface area (TPSA) is 33.4 Å². The molecule has 1 heterocycles. The van der Waals surface area contributed by atoms with Crippen LogP contribution in [-0.2, 0) is 0 Å². The van der Waals surface area contributed by atoms with Crippen LogP contribution in [0.2, 0.25) is 0 Å². The lowest BCUT2D eigenvalue weighted by Gasteiger charge is -2.18. The van der Waals surface area contributed by atoms with Crippen LogP contribution in [0.1, 0.15) is 38.4 Å². The average Bonchev–Trinajstić information content (AvgIpc) is 3.95. The van der Waals surface area contributed by atoms with E-state index in [2.05, 4.69) is 0 Å². The molecule has 0 aliphatic carbocycles. The lowest BCUT2D eigenvalue weighted by molar-refractivity contribution is 0.476. The minimum atomic E-state index is -1.26. The second kappa shape index (κ2) is 11.2. The van der Waals surface area contributed by atoms with Gasteiger partial charge in [0.2, 0.25) is 0 Å². The summed E-state index contributed by atoms with van der Waals surface area (Å²) >= 11 is 0. The van der Waals surface area contributed by atoms with Gasteiger partial charge in [0.15, 0.2) is 0 Å². The Balaban J connectivity index is 1.36. The van der Waals surface area contributed by atoms with Crippen molar-refractivity contribution < 1.29 is 47.9 Å². The first-order valence-corrected chi connectivity index (χ1v) is 14.7. The van der Waals surface area contributed by atoms with Gasteiger partial charge in [0.25, 0.3) is 0 Å². The van der Waals surface area contributed by atoms with Gasteiger partial charge in [-0.05, 0) is 102 Å². The maximum Gasteiger partial charge on any atom is 0.143 e. The van der Waals surface area contributed by atoms with Gasteiger partial charge in [-0.1, -0.05) is 145 Å². The number of benzene rings is 9. The quantitative estimate of drug-likeness (QED) is 0.190. The zero-order valence-corrected chi connectivity index (χ0v) is 24.9. The predicted molar refractivity (Wildman–Crippen MR) is 210 cm³/mol. The number of fused-ring (bicyclic) bond motifs is 7. The number of aromatic hydroxyl groups is 1. The molecule has 9 aromatic carbocycles. The first-order valence-electron chi connectivity index (χ1n) is 28.7. The van der Waals surface area contributed by atoms with Crippen LogP contribution in [0.5, 0.6) is 5.75 Å². The molecule has 0 bridgehead atoms. The molecule has 0 aliphatic heterocycles. The summed E-state index contributed by atoms with van der Waals surface area (Å²) in [6.45, 7) is 0. The maximum atomic E-state index is 11.3. The third kappa shape index (κ3) is 4.50. The highest BCUT2D eigenvalue weighted by molar-refractivity contribution is 6.22. The third-order valence-corrected chi connectivity index (χ3v) is 8.01. The van der Waals surface area contributed by atoms with Crippen LogP contribution in [0.4, 0.5) is 0 Å². The lowest BCUT2D eigenvalue weighted by Crippen LogP contribution is -1.91. The Morgan fingerprint density at radius 1 is 0.380 bits per heavy atom. The largest absolute Gasteiger partial charge is 0.508 e. The molecule has 0 amide bonds. The van der Waals surface area contributed by atoms with Crippen LogP contribution in [0, 0.1) is 0 Å². The number of phenolic OH excluding ortho intramolecular Hbond substituents is 1. The van der Waals surface area contributed by atoms with Crippen molar-refractivity contribution in [2.24, 2.45) is 0 Å². The number of hydrogen-bond donors (Lipinski definition) is 1. The molecule has 2 nitrogen and oxygen atoms in total. The summed E-state index contributed by atoms with van der Waals surface area (Å²) in [5.74, 6) is -1.26. The molecule has 10 aromatic rings. The van der Waals surface area contributed by atoms with Crippen LogP contribution >= 0.6 is 0 Å². The molecular weight excluding hydrogens is 609 g/mol. The monoisotopic (exact) mass is 666 g/mol. The van der Waals surface area contributed by atoms with Crippen molar-refractivity contribution in [2.75, 3.05) is 0 Å². The van der Waals surface area contributed by atoms with Crippen LogP contribution in [0.15, 0.2) is 180 Å². The standard InChI is InChI=1S/C48H30O2/c49-37-24-26-41-44(29-37)47(40-13-7-6-12-39(40)46(41)34-18-14-31(15-19-34)30-8-2-1-3-9-30)35-20-16-32(17-21-35)36-23-27-45-43(28-36)42-25-22-33-10-4-5-11-38(33)48(42)50-45/h1-29,49H/i1D,2D,3D,4D,5D,6D,7D,8D,9D,10D,11D,12D,13D,14D,15D,16D,17D,18D,19D,20D,21D,22D,23D,24D,26D,27D,28D,29D. The maximum absolute atomic E-state index is 11.3. The molecule has 2 heteroatoms. The van der Waals surface area contributed by atoms with Gasteiger partial charge in [0, 0.05) is 16.2 Å². The van der Waals surface area contributed by atoms with Crippen molar-refractivity contribution in [3.8, 4) is 50.3 Å². The molecule has 0 saturated heterocycles. The zero-order valence-electron chi connectivity index (χ0n) is 52.9. The number of rotatable bonds is 4. The smallest absolute Gasteiger partial charge is 0.143 e. The van der Waals surface area contributed by atoms with Crippen LogP contribution in [-0.4, -0.2) is 5.11 Å². The Kier molecular flexibility index (Phi) is 2.70. The van der Waals surface area contributed by atoms with Crippen LogP contribution in [0.3, 0.4) is 0 Å². The van der Waals surface area contributed by atoms with Crippen molar-refractivity contribution >= 4 is 54.3 Å². The molecule has 0 unspecified atom stereocenters. The highest BCUT2D eigenvalue weighted by atomic mass is 16.3. The molecule has 0 atom stereocenters. The number of furan rings is 1. The Hall–Kier alpha value is -6.64. The summed E-state index contributed by atoms with van der Waals surface area (Å²) < 4.78 is 256. The second-order valence-corrected chi connectivity index (χ2v) is 10.8. The Morgan fingerprint density at radius 3 is 1.64 bits per heavy atom. The van der Waals surface area contributed by atoms with Gasteiger partial charge in [-0.2, -0.15) is 0 Å². The van der Waals surface area contributed by atoms with E-state index in [9.17, 15) is 20.2 Å². The van der Waals surface area contributed by atoms with Gasteiger partial charge in [-0.3, -0.25) is 0 Å². The normalized spacial score (nSPS) is 19.5. The fraction of sp³-hybridized carbons (Fsp3) is 0. The first-order chi connectivity index (χ1) is 36.4. The Labute approximate surface area is 328 Å². The molecule has 1 N–H and O–H groups in total. The highest BCUT2D eigenvalue weighted by Crippen LogP contribution is 2.45. The molecule has 0 spiro atoms. The summed E-state index contributed by atoms with van der Waals surface area (Å²) in [5.41, 5.74) is -7.25. The molecule has 10 rings (SSSR count). The van der Waals surface area contributed by atoms with E-state index < -0.39 is 247 Å². The minimum absolute atomic E-state index is 0.153. The van der Waals surface area contributed by atoms with Gasteiger partial charge in [-0.25, -0.2) is 0 Å². The van der Waals surface area contributed by atoms with E-state index in [1.807, 2.05) is 0 Å². The molecule has 50 heavy (non-hydrogen) atoms. The van der Waals surface area contributed by atoms with E-state index in [0.717, 1.165) is 6.07 Å². The summed E-state index contributed by atoms with van der Waals surface area (Å²) in [6.07, 6.45) is 0. The predicted octanol–water partition coefficient (Wildman–Crippen LogP) is 13.4. The van der Waals surface area contributed by atoms with Crippen LogP contribution < -0.4 is 0 Å². The highest BCUT2D eigenvalue weighted by Gasteiger charge is 2.18. The first kappa shape index (κ1) is 12.0. The fourth-order valence-corrected chi connectivity index (χ4v) is 5.82. The van der Waals surface area contributed by atoms with Crippen LogP contribution in [0.25, 0.3) is 98.8 Å². The molecular formula is C48H30O2. The Bertz CT molecular complexity index is 4380. The lowest BCUT2D eigenvalue weighted by atomic mass is 9.85. The average molecular weight is 667 g/mol. The van der Waals surface area contributed by atoms with E-state index in [0.29, 0.717) is 0 Å². The molecule has 0 radical (unpaired) electrons. The summed E-state index contributed by atoms with van der Waals surface area (Å²) in [4.78, 5) is 0. The number of phenols is 1. The van der Waals surface area contributed by atoms with Gasteiger partial charge < -0.3 is 9.52 Å². The number of hydrogen-bond acceptors (Lipinski definition) is 2. The second-order valence-electron chi connectivity index (χ2n) is 10.8. The van der Waals surface area contributed by atoms with E-state index in [4.69, 9.17) is 27.7 Å². The summed E-state index contributed by atoms with van der Waals surface area (Å²) in [6, 6.07) is -25.0. The third-order valence-electron chi connectivity index (χ3n) is 8.01. The van der Waals surface area contributed by atoms with Gasteiger partial charge in [0.05, 0.1) is 38.4 Å². The van der Waals surface area contributed by atoms with E-state index in [1.165, 1.54) is 0 Å². The van der Waals surface area contributed by atoms with Gasteiger partial charge >= 0.3 is 0 Å². The van der Waals surface area contributed by atoms with Crippen molar-refractivity contribution in [1.29, 1.82) is 0 Å². The van der Waals surface area contributed by atoms with Crippen molar-refractivity contribution in [3.05, 3.63) is 175 Å². The van der Waals surface area contributed by atoms with Crippen molar-refractivity contribution in [1.82, 2.24) is 0 Å². The van der Waals surface area contributed by atoms with E-state index in [-0.39, 0.29) is 27.1 Å². The zero-order chi connectivity index (χ0) is 57.5. The molecule has 234 valence electrons.